The number of anilines is 1. The van der Waals surface area contributed by atoms with E-state index in [1.807, 2.05) is 9.31 Å². The van der Waals surface area contributed by atoms with Gasteiger partial charge in [0.1, 0.15) is 27.1 Å². The van der Waals surface area contributed by atoms with Gasteiger partial charge in [0.15, 0.2) is 0 Å². The number of nitrogens with zero attached hydrogens (tertiary/aromatic N) is 3. The van der Waals surface area contributed by atoms with E-state index in [0.717, 1.165) is 5.82 Å². The van der Waals surface area contributed by atoms with Gasteiger partial charge < -0.3 is 5.11 Å². The molecule has 0 amide bonds. The van der Waals surface area contributed by atoms with Crippen molar-refractivity contribution in [2.45, 2.75) is 0 Å². The Hall–Kier alpha value is -1.31. The number of carboxylic acids is 1. The smallest absolute Gasteiger partial charge is 0.337 e. The Morgan fingerprint density at radius 2 is 2.36 bits per heavy atom. The van der Waals surface area contributed by atoms with Crippen LogP contribution in [0.1, 0.15) is 10.4 Å². The Labute approximate surface area is 90.6 Å². The second-order valence-electron chi connectivity index (χ2n) is 2.49. The molecular formula is C8H6IN3O2. The van der Waals surface area contributed by atoms with E-state index in [4.69, 9.17) is 5.11 Å². The third kappa shape index (κ3) is 1.79. The summed E-state index contributed by atoms with van der Waals surface area (Å²) < 4.78 is 6.03. The maximum atomic E-state index is 10.6. The van der Waals surface area contributed by atoms with Crippen LogP contribution in [0.2, 0.25) is 0 Å². The summed E-state index contributed by atoms with van der Waals surface area (Å²) in [5, 5.41) is 8.66. The van der Waals surface area contributed by atoms with Crippen molar-refractivity contribution < 1.29 is 9.90 Å². The van der Waals surface area contributed by atoms with Crippen LogP contribution < -0.4 is 3.11 Å². The van der Waals surface area contributed by atoms with Gasteiger partial charge in [0, 0.05) is 12.4 Å². The first-order valence-electron chi connectivity index (χ1n) is 3.77. The third-order valence-corrected chi connectivity index (χ3v) is 3.44. The lowest BCUT2D eigenvalue weighted by Crippen LogP contribution is -2.02. The zero-order valence-electron chi connectivity index (χ0n) is 6.96. The van der Waals surface area contributed by atoms with Gasteiger partial charge in [-0.1, -0.05) is 0 Å². The van der Waals surface area contributed by atoms with Crippen molar-refractivity contribution in [3.63, 3.8) is 0 Å². The SMILES string of the molecule is O=C(O)c1ccc(N2C=CN=I2)nc1. The number of carbonyl (C=O) groups is 1. The largest absolute Gasteiger partial charge is 0.478 e. The molecule has 5 nitrogen and oxygen atoms in total. The second kappa shape index (κ2) is 3.82. The van der Waals surface area contributed by atoms with E-state index in [-0.39, 0.29) is 5.56 Å². The number of aromatic carboxylic acids is 1. The highest BCUT2D eigenvalue weighted by Gasteiger charge is 2.07. The fourth-order valence-electron chi connectivity index (χ4n) is 0.935. The molecule has 1 aliphatic rings. The summed E-state index contributed by atoms with van der Waals surface area (Å²) in [7, 11) is 0. The van der Waals surface area contributed by atoms with Crippen LogP contribution in [0.15, 0.2) is 33.9 Å². The van der Waals surface area contributed by atoms with Gasteiger partial charge in [-0.05, 0) is 12.1 Å². The van der Waals surface area contributed by atoms with E-state index in [1.54, 1.807) is 18.3 Å². The third-order valence-electron chi connectivity index (χ3n) is 1.59. The Bertz CT molecular complexity index is 401. The van der Waals surface area contributed by atoms with Crippen molar-refractivity contribution in [2.75, 3.05) is 3.11 Å². The lowest BCUT2D eigenvalue weighted by Gasteiger charge is -2.07. The topological polar surface area (TPSA) is 65.8 Å². The molecule has 0 atom stereocenters. The van der Waals surface area contributed by atoms with E-state index < -0.39 is 27.3 Å². The molecular weight excluding hydrogens is 297 g/mol. The molecule has 0 bridgehead atoms. The van der Waals surface area contributed by atoms with Gasteiger partial charge >= 0.3 is 5.97 Å². The fraction of sp³-hybridized carbons (Fsp3) is 0. The number of halogens is 1. The van der Waals surface area contributed by atoms with E-state index in [9.17, 15) is 4.79 Å². The van der Waals surface area contributed by atoms with Crippen molar-refractivity contribution in [3.05, 3.63) is 36.3 Å². The normalized spacial score (nSPS) is 14.1. The van der Waals surface area contributed by atoms with Crippen LogP contribution in [-0.4, -0.2) is 16.1 Å². The highest BCUT2D eigenvalue weighted by Crippen LogP contribution is 2.25. The van der Waals surface area contributed by atoms with Crippen LogP contribution in [0.4, 0.5) is 5.82 Å². The zero-order valence-corrected chi connectivity index (χ0v) is 9.12. The molecule has 2 rings (SSSR count). The van der Waals surface area contributed by atoms with Crippen molar-refractivity contribution in [3.8, 4) is 0 Å². The first kappa shape index (κ1) is 9.25. The molecule has 0 fully saturated rings. The van der Waals surface area contributed by atoms with Gasteiger partial charge in [-0.2, -0.15) is 0 Å². The highest BCUT2D eigenvalue weighted by atomic mass is 127. The number of hydrogen-bond donors (Lipinski definition) is 1. The summed E-state index contributed by atoms with van der Waals surface area (Å²) in [6.45, 7) is 0. The molecule has 0 radical (unpaired) electrons. The molecule has 0 aliphatic carbocycles. The molecule has 0 aromatic carbocycles. The number of carboxylic acid groups (broad SMARTS) is 1. The average Bonchev–Trinajstić information content (AvgIpc) is 2.71. The van der Waals surface area contributed by atoms with Gasteiger partial charge in [0.05, 0.1) is 11.8 Å². The summed E-state index contributed by atoms with van der Waals surface area (Å²) in [4.78, 5) is 14.6. The van der Waals surface area contributed by atoms with Crippen molar-refractivity contribution in [1.82, 2.24) is 4.98 Å². The Morgan fingerprint density at radius 1 is 1.50 bits per heavy atom. The molecule has 1 aromatic rings. The van der Waals surface area contributed by atoms with Crippen molar-refractivity contribution in [1.29, 1.82) is 0 Å². The fourth-order valence-corrected chi connectivity index (χ4v) is 2.29. The van der Waals surface area contributed by atoms with E-state index >= 15 is 0 Å². The Kier molecular flexibility index (Phi) is 2.53. The monoisotopic (exact) mass is 303 g/mol. The van der Waals surface area contributed by atoms with Crippen LogP contribution in [-0.2, 0) is 0 Å². The summed E-state index contributed by atoms with van der Waals surface area (Å²) in [6, 6.07) is 3.23. The molecule has 1 aromatic heterocycles. The highest BCUT2D eigenvalue weighted by molar-refractivity contribution is 14.2. The van der Waals surface area contributed by atoms with Gasteiger partial charge in [-0.15, -0.1) is 0 Å². The quantitative estimate of drug-likeness (QED) is 0.671. The summed E-state index contributed by atoms with van der Waals surface area (Å²) >= 11 is -0.391. The van der Waals surface area contributed by atoms with Gasteiger partial charge in [-0.3, -0.25) is 3.11 Å². The van der Waals surface area contributed by atoms with E-state index in [1.165, 1.54) is 6.20 Å². The molecule has 2 heterocycles. The Morgan fingerprint density at radius 3 is 2.86 bits per heavy atom. The molecule has 0 saturated carbocycles. The number of hydrogen-bond acceptors (Lipinski definition) is 4. The van der Waals surface area contributed by atoms with Crippen molar-refractivity contribution >= 4 is 33.1 Å². The standard InChI is InChI=1S/C8H6IN3O2/c13-8(14)6-1-2-7(10-5-6)12-4-3-11-9-12/h1-5H,(H,13,14). The number of pyridine rings is 1. The lowest BCUT2D eigenvalue weighted by molar-refractivity contribution is 0.0696. The number of rotatable bonds is 2. The average molecular weight is 303 g/mol. The molecule has 0 saturated heterocycles. The first-order chi connectivity index (χ1) is 6.77. The predicted octanol–water partition coefficient (Wildman–Crippen LogP) is 2.14. The van der Waals surface area contributed by atoms with Crippen LogP contribution in [0.3, 0.4) is 0 Å². The lowest BCUT2D eigenvalue weighted by atomic mass is 10.3. The van der Waals surface area contributed by atoms with Gasteiger partial charge in [0.2, 0.25) is 0 Å². The summed E-state index contributed by atoms with van der Waals surface area (Å²) in [5.41, 5.74) is 0.201. The molecule has 0 unspecified atom stereocenters. The van der Waals surface area contributed by atoms with E-state index in [0.29, 0.717) is 0 Å². The molecule has 14 heavy (non-hydrogen) atoms. The van der Waals surface area contributed by atoms with Crippen LogP contribution >= 0.6 is 21.3 Å². The maximum absolute atomic E-state index is 10.6. The Balaban J connectivity index is 2.25. The van der Waals surface area contributed by atoms with Gasteiger partial charge in [0.25, 0.3) is 0 Å². The molecule has 72 valence electrons. The summed E-state index contributed by atoms with van der Waals surface area (Å²) in [6.07, 6.45) is 4.93. The molecule has 6 heteroatoms. The van der Waals surface area contributed by atoms with Crippen LogP contribution in [0.5, 0.6) is 0 Å². The predicted molar refractivity (Wildman–Crippen MR) is 59.3 cm³/mol. The minimum absolute atomic E-state index is 0.201. The van der Waals surface area contributed by atoms with Crippen molar-refractivity contribution in [2.24, 2.45) is 3.15 Å². The molecule has 0 spiro atoms. The molecule has 1 aliphatic heterocycles. The van der Waals surface area contributed by atoms with Gasteiger partial charge in [-0.25, -0.2) is 12.9 Å². The maximum Gasteiger partial charge on any atom is 0.337 e. The zero-order chi connectivity index (χ0) is 9.97. The van der Waals surface area contributed by atoms with Crippen LogP contribution in [0.25, 0.3) is 0 Å². The first-order valence-corrected chi connectivity index (χ1v) is 5.70. The van der Waals surface area contributed by atoms with E-state index in [2.05, 4.69) is 8.13 Å². The van der Waals surface area contributed by atoms with Crippen LogP contribution in [0, 0.1) is 0 Å². The summed E-state index contributed by atoms with van der Waals surface area (Å²) in [5.74, 6) is -0.208. The minimum atomic E-state index is -0.958. The minimum Gasteiger partial charge on any atom is -0.478 e. The second-order valence-corrected chi connectivity index (χ2v) is 4.52. The number of aromatic nitrogens is 1. The molecule has 1 N–H and O–H groups in total.